The molecule has 0 atom stereocenters. The van der Waals surface area contributed by atoms with Gasteiger partial charge in [-0.3, -0.25) is 20.4 Å². The van der Waals surface area contributed by atoms with Crippen molar-refractivity contribution in [1.29, 1.82) is 0 Å². The van der Waals surface area contributed by atoms with E-state index < -0.39 is 17.9 Å². The molecule has 0 spiro atoms. The van der Waals surface area contributed by atoms with Gasteiger partial charge in [0.15, 0.2) is 0 Å². The maximum atomic E-state index is 11.1. The lowest BCUT2D eigenvalue weighted by Gasteiger charge is -2.06. The maximum absolute atomic E-state index is 11.1. The van der Waals surface area contributed by atoms with Crippen LogP contribution in [-0.4, -0.2) is 17.9 Å². The van der Waals surface area contributed by atoms with Crippen LogP contribution in [0.15, 0.2) is 30.3 Å². The topological polar surface area (TPSA) is 67.4 Å². The molecule has 78 valence electrons. The molecular formula is C10H10N2O3. The zero-order chi connectivity index (χ0) is 10.7. The summed E-state index contributed by atoms with van der Waals surface area (Å²) in [5.41, 5.74) is 5.31. The van der Waals surface area contributed by atoms with E-state index in [0.717, 1.165) is 5.56 Å². The number of benzene rings is 1. The molecule has 1 heterocycles. The van der Waals surface area contributed by atoms with Crippen molar-refractivity contribution < 1.29 is 14.3 Å². The van der Waals surface area contributed by atoms with E-state index in [9.17, 15) is 9.59 Å². The first kappa shape index (κ1) is 9.67. The van der Waals surface area contributed by atoms with Crippen LogP contribution in [-0.2, 0) is 20.9 Å². The van der Waals surface area contributed by atoms with Crippen LogP contribution in [0.1, 0.15) is 5.56 Å². The molecule has 5 heteroatoms. The highest BCUT2D eigenvalue weighted by atomic mass is 16.5. The molecule has 1 saturated heterocycles. The second-order valence-electron chi connectivity index (χ2n) is 3.16. The second-order valence-corrected chi connectivity index (χ2v) is 3.16. The summed E-state index contributed by atoms with van der Waals surface area (Å²) in [4.78, 5) is 22.2. The normalized spacial score (nSPS) is 16.3. The highest BCUT2D eigenvalue weighted by molar-refractivity contribution is 6.08. The summed E-state index contributed by atoms with van der Waals surface area (Å²) in [6.45, 7) is 0.242. The number of carbonyl (C=O) groups excluding carboxylic acids is 2. The Balaban J connectivity index is 1.93. The third kappa shape index (κ3) is 2.13. The summed E-state index contributed by atoms with van der Waals surface area (Å²) < 4.78 is 5.19. The fourth-order valence-electron chi connectivity index (χ4n) is 1.28. The van der Waals surface area contributed by atoms with Gasteiger partial charge in [0, 0.05) is 0 Å². The smallest absolute Gasteiger partial charge is 0.277 e. The lowest BCUT2D eigenvalue weighted by atomic mass is 10.2. The Morgan fingerprint density at radius 3 is 2.27 bits per heavy atom. The van der Waals surface area contributed by atoms with Gasteiger partial charge in [-0.25, -0.2) is 0 Å². The van der Waals surface area contributed by atoms with Crippen molar-refractivity contribution in [2.75, 3.05) is 0 Å². The van der Waals surface area contributed by atoms with E-state index in [1.54, 1.807) is 0 Å². The zero-order valence-electron chi connectivity index (χ0n) is 7.90. The van der Waals surface area contributed by atoms with Crippen LogP contribution in [0.2, 0.25) is 0 Å². The third-order valence-corrected chi connectivity index (χ3v) is 2.04. The van der Waals surface area contributed by atoms with E-state index in [2.05, 4.69) is 10.9 Å². The molecule has 5 nitrogen and oxygen atoms in total. The molecule has 0 saturated carbocycles. The van der Waals surface area contributed by atoms with Crippen molar-refractivity contribution in [2.45, 2.75) is 12.7 Å². The molecule has 15 heavy (non-hydrogen) atoms. The van der Waals surface area contributed by atoms with Gasteiger partial charge in [-0.1, -0.05) is 30.3 Å². The van der Waals surface area contributed by atoms with Crippen molar-refractivity contribution >= 4 is 11.8 Å². The Morgan fingerprint density at radius 1 is 1.07 bits per heavy atom. The highest BCUT2D eigenvalue weighted by Crippen LogP contribution is 2.05. The fourth-order valence-corrected chi connectivity index (χ4v) is 1.28. The molecule has 1 aromatic carbocycles. The number of nitrogens with one attached hydrogen (secondary N) is 2. The van der Waals surface area contributed by atoms with Crippen LogP contribution in [0, 0.1) is 0 Å². The predicted octanol–water partition coefficient (Wildman–Crippen LogP) is -0.267. The van der Waals surface area contributed by atoms with E-state index in [1.807, 2.05) is 30.3 Å². The molecule has 1 aliphatic heterocycles. The van der Waals surface area contributed by atoms with Gasteiger partial charge >= 0.3 is 0 Å². The van der Waals surface area contributed by atoms with Gasteiger partial charge in [-0.05, 0) is 5.56 Å². The standard InChI is InChI=1S/C10H10N2O3/c13-9-8(10(14)12-11-9)15-6-7-4-2-1-3-5-7/h1-5,8H,6H2,(H,11,13)(H,12,14). The average molecular weight is 206 g/mol. The lowest BCUT2D eigenvalue weighted by molar-refractivity contribution is -0.138. The maximum Gasteiger partial charge on any atom is 0.277 e. The first-order valence-corrected chi connectivity index (χ1v) is 4.52. The van der Waals surface area contributed by atoms with E-state index in [1.165, 1.54) is 0 Å². The minimum Gasteiger partial charge on any atom is -0.354 e. The summed E-state index contributed by atoms with van der Waals surface area (Å²) in [5.74, 6) is -0.896. The molecule has 0 aromatic heterocycles. The Labute approximate surface area is 86.4 Å². The van der Waals surface area contributed by atoms with Crippen LogP contribution < -0.4 is 10.9 Å². The second kappa shape index (κ2) is 4.10. The molecule has 2 rings (SSSR count). The molecule has 0 unspecified atom stereocenters. The van der Waals surface area contributed by atoms with Crippen LogP contribution in [0.5, 0.6) is 0 Å². The monoisotopic (exact) mass is 206 g/mol. The van der Waals surface area contributed by atoms with Crippen LogP contribution in [0.25, 0.3) is 0 Å². The van der Waals surface area contributed by atoms with Gasteiger partial charge in [-0.15, -0.1) is 0 Å². The number of ether oxygens (including phenoxy) is 1. The van der Waals surface area contributed by atoms with E-state index in [4.69, 9.17) is 4.74 Å². The van der Waals surface area contributed by atoms with Gasteiger partial charge < -0.3 is 4.74 Å². The summed E-state index contributed by atoms with van der Waals surface area (Å²) >= 11 is 0. The molecule has 1 aliphatic rings. The van der Waals surface area contributed by atoms with Crippen molar-refractivity contribution in [3.05, 3.63) is 35.9 Å². The lowest BCUT2D eigenvalue weighted by Crippen LogP contribution is -2.28. The molecule has 0 bridgehead atoms. The average Bonchev–Trinajstić information content (AvgIpc) is 2.58. The molecule has 1 aromatic rings. The number of amides is 2. The van der Waals surface area contributed by atoms with Crippen molar-refractivity contribution in [3.8, 4) is 0 Å². The fraction of sp³-hybridized carbons (Fsp3) is 0.200. The summed E-state index contributed by atoms with van der Waals surface area (Å²) in [5, 5.41) is 0. The van der Waals surface area contributed by atoms with Gasteiger partial charge in [0.25, 0.3) is 11.8 Å². The molecule has 2 amide bonds. The Kier molecular flexibility index (Phi) is 2.64. The van der Waals surface area contributed by atoms with Crippen molar-refractivity contribution in [1.82, 2.24) is 10.9 Å². The summed E-state index contributed by atoms with van der Waals surface area (Å²) in [6.07, 6.45) is -1.04. The highest BCUT2D eigenvalue weighted by Gasteiger charge is 2.33. The Morgan fingerprint density at radius 2 is 1.67 bits per heavy atom. The van der Waals surface area contributed by atoms with E-state index in [0.29, 0.717) is 0 Å². The zero-order valence-corrected chi connectivity index (χ0v) is 7.90. The number of hydrazine groups is 1. The number of rotatable bonds is 3. The van der Waals surface area contributed by atoms with Gasteiger partial charge in [0.1, 0.15) is 0 Å². The van der Waals surface area contributed by atoms with Gasteiger partial charge in [0.05, 0.1) is 6.61 Å². The van der Waals surface area contributed by atoms with Gasteiger partial charge in [-0.2, -0.15) is 0 Å². The number of carbonyl (C=O) groups is 2. The minimum atomic E-state index is -1.04. The van der Waals surface area contributed by atoms with E-state index >= 15 is 0 Å². The SMILES string of the molecule is O=C1NNC(=O)C1OCc1ccccc1. The molecule has 0 aliphatic carbocycles. The van der Waals surface area contributed by atoms with Crippen LogP contribution >= 0.6 is 0 Å². The first-order valence-electron chi connectivity index (χ1n) is 4.52. The number of hydrogen-bond donors (Lipinski definition) is 2. The summed E-state index contributed by atoms with van der Waals surface area (Å²) in [7, 11) is 0. The molecule has 0 radical (unpaired) electrons. The van der Waals surface area contributed by atoms with Crippen LogP contribution in [0.4, 0.5) is 0 Å². The largest absolute Gasteiger partial charge is 0.354 e. The third-order valence-electron chi connectivity index (χ3n) is 2.04. The molecule has 2 N–H and O–H groups in total. The molecular weight excluding hydrogens is 196 g/mol. The van der Waals surface area contributed by atoms with Gasteiger partial charge in [0.2, 0.25) is 6.10 Å². The Bertz CT molecular complexity index is 362. The number of hydrogen-bond acceptors (Lipinski definition) is 3. The first-order chi connectivity index (χ1) is 7.27. The Hall–Kier alpha value is -1.88. The van der Waals surface area contributed by atoms with Crippen LogP contribution in [0.3, 0.4) is 0 Å². The minimum absolute atomic E-state index is 0.242. The van der Waals surface area contributed by atoms with Crippen molar-refractivity contribution in [3.63, 3.8) is 0 Å². The van der Waals surface area contributed by atoms with E-state index in [-0.39, 0.29) is 6.61 Å². The molecule has 1 fully saturated rings. The van der Waals surface area contributed by atoms with Crippen molar-refractivity contribution in [2.24, 2.45) is 0 Å². The summed E-state index contributed by atoms with van der Waals surface area (Å²) in [6, 6.07) is 9.36. The predicted molar refractivity (Wildman–Crippen MR) is 51.3 cm³/mol. The quantitative estimate of drug-likeness (QED) is 0.669.